The predicted molar refractivity (Wildman–Crippen MR) is 83.6 cm³/mol. The molecular formula is C15H21ClF2N2O2. The third kappa shape index (κ3) is 5.77. The predicted octanol–water partition coefficient (Wildman–Crippen LogP) is 4.21. The molecule has 0 aromatic heterocycles. The van der Waals surface area contributed by atoms with Crippen molar-refractivity contribution in [1.29, 1.82) is 0 Å². The standard InChI is InChI=1S/C15H21ClF2N2O2/c1-14(2,3)22-13(21)20-10-5-6-11(16)9(7-10)8-15(4,19)12(17)18/h5-7,12H,8,19H2,1-4H3,(H,20,21). The molecule has 0 bridgehead atoms. The normalized spacial score (nSPS) is 14.6. The van der Waals surface area contributed by atoms with Crippen molar-refractivity contribution in [3.05, 3.63) is 28.8 Å². The van der Waals surface area contributed by atoms with Crippen LogP contribution >= 0.6 is 11.6 Å². The highest BCUT2D eigenvalue weighted by Crippen LogP contribution is 2.26. The van der Waals surface area contributed by atoms with E-state index in [-0.39, 0.29) is 6.42 Å². The van der Waals surface area contributed by atoms with Crippen LogP contribution in [-0.4, -0.2) is 23.7 Å². The Hall–Kier alpha value is -1.40. The monoisotopic (exact) mass is 334 g/mol. The van der Waals surface area contributed by atoms with Gasteiger partial charge in [-0.15, -0.1) is 0 Å². The number of ether oxygens (including phenoxy) is 1. The molecule has 3 N–H and O–H groups in total. The number of carbonyl (C=O) groups is 1. The number of nitrogens with two attached hydrogens (primary N) is 1. The number of benzene rings is 1. The Bertz CT molecular complexity index is 543. The van der Waals surface area contributed by atoms with E-state index in [2.05, 4.69) is 5.32 Å². The molecule has 4 nitrogen and oxygen atoms in total. The molecule has 1 atom stereocenters. The van der Waals surface area contributed by atoms with E-state index in [1.807, 2.05) is 0 Å². The SMILES string of the molecule is CC(C)(C)OC(=O)Nc1ccc(Cl)c(CC(C)(N)C(F)F)c1. The Labute approximate surface area is 134 Å². The van der Waals surface area contributed by atoms with Crippen LogP contribution < -0.4 is 11.1 Å². The van der Waals surface area contributed by atoms with Gasteiger partial charge in [-0.25, -0.2) is 13.6 Å². The van der Waals surface area contributed by atoms with Crippen LogP contribution in [0.4, 0.5) is 19.3 Å². The highest BCUT2D eigenvalue weighted by Gasteiger charge is 2.31. The van der Waals surface area contributed by atoms with Crippen LogP contribution in [0, 0.1) is 0 Å². The van der Waals surface area contributed by atoms with Crippen molar-refractivity contribution in [1.82, 2.24) is 0 Å². The smallest absolute Gasteiger partial charge is 0.412 e. The minimum Gasteiger partial charge on any atom is -0.444 e. The fourth-order valence-electron chi connectivity index (χ4n) is 1.70. The van der Waals surface area contributed by atoms with Gasteiger partial charge in [0.15, 0.2) is 0 Å². The van der Waals surface area contributed by atoms with Gasteiger partial charge < -0.3 is 10.5 Å². The maximum atomic E-state index is 12.9. The van der Waals surface area contributed by atoms with Gasteiger partial charge >= 0.3 is 6.09 Å². The number of nitrogens with one attached hydrogen (secondary N) is 1. The van der Waals surface area contributed by atoms with E-state index >= 15 is 0 Å². The van der Waals surface area contributed by atoms with Gasteiger partial charge in [0.2, 0.25) is 0 Å². The Balaban J connectivity index is 2.89. The first-order valence-corrected chi connectivity index (χ1v) is 7.14. The molecule has 0 aliphatic carbocycles. The van der Waals surface area contributed by atoms with E-state index in [0.717, 1.165) is 0 Å². The van der Waals surface area contributed by atoms with E-state index < -0.39 is 23.7 Å². The van der Waals surface area contributed by atoms with Crippen molar-refractivity contribution in [2.45, 2.75) is 51.7 Å². The first-order valence-electron chi connectivity index (χ1n) is 6.76. The number of halogens is 3. The summed E-state index contributed by atoms with van der Waals surface area (Å²) in [6.07, 6.45) is -3.44. The lowest BCUT2D eigenvalue weighted by molar-refractivity contribution is 0.0630. The van der Waals surface area contributed by atoms with Gasteiger partial charge in [0.25, 0.3) is 6.43 Å². The van der Waals surface area contributed by atoms with E-state index in [9.17, 15) is 13.6 Å². The Morgan fingerprint density at radius 3 is 2.45 bits per heavy atom. The second-order valence-corrected chi connectivity index (χ2v) is 6.82. The van der Waals surface area contributed by atoms with Gasteiger partial charge in [-0.05, 0) is 57.9 Å². The fraction of sp³-hybridized carbons (Fsp3) is 0.533. The van der Waals surface area contributed by atoms with Gasteiger partial charge in [0.05, 0.1) is 5.54 Å². The molecule has 0 aliphatic rings. The summed E-state index contributed by atoms with van der Waals surface area (Å²) in [4.78, 5) is 11.7. The molecule has 1 aromatic carbocycles. The third-order valence-corrected chi connectivity index (χ3v) is 3.13. The van der Waals surface area contributed by atoms with Crippen LogP contribution in [0.3, 0.4) is 0 Å². The molecule has 1 aromatic rings. The third-order valence-electron chi connectivity index (χ3n) is 2.76. The molecular weight excluding hydrogens is 314 g/mol. The fourth-order valence-corrected chi connectivity index (χ4v) is 1.88. The van der Waals surface area contributed by atoms with Gasteiger partial charge in [-0.3, -0.25) is 5.32 Å². The van der Waals surface area contributed by atoms with Crippen molar-refractivity contribution < 1.29 is 18.3 Å². The Morgan fingerprint density at radius 2 is 1.95 bits per heavy atom. The summed E-state index contributed by atoms with van der Waals surface area (Å²) in [6.45, 7) is 6.47. The van der Waals surface area contributed by atoms with Gasteiger partial charge in [0.1, 0.15) is 5.60 Å². The molecule has 0 saturated heterocycles. The van der Waals surface area contributed by atoms with Crippen LogP contribution in [0.15, 0.2) is 18.2 Å². The Kier molecular flexibility index (Phi) is 5.76. The van der Waals surface area contributed by atoms with Crippen molar-refractivity contribution in [3.63, 3.8) is 0 Å². The number of hydrogen-bond acceptors (Lipinski definition) is 3. The van der Waals surface area contributed by atoms with E-state index in [4.69, 9.17) is 22.1 Å². The summed E-state index contributed by atoms with van der Waals surface area (Å²) in [5.41, 5.74) is 4.07. The van der Waals surface area contributed by atoms with E-state index in [0.29, 0.717) is 16.3 Å². The van der Waals surface area contributed by atoms with Crippen LogP contribution in [0.25, 0.3) is 0 Å². The van der Waals surface area contributed by atoms with E-state index in [1.165, 1.54) is 19.1 Å². The van der Waals surface area contributed by atoms with E-state index in [1.54, 1.807) is 26.8 Å². The van der Waals surface area contributed by atoms with Gasteiger partial charge in [0, 0.05) is 10.7 Å². The summed E-state index contributed by atoms with van der Waals surface area (Å²) in [5.74, 6) is 0. The van der Waals surface area contributed by atoms with Crippen LogP contribution in [0.2, 0.25) is 5.02 Å². The molecule has 7 heteroatoms. The second-order valence-electron chi connectivity index (χ2n) is 6.42. The van der Waals surface area contributed by atoms with Crippen molar-refractivity contribution in [2.24, 2.45) is 5.73 Å². The average molecular weight is 335 g/mol. The number of rotatable bonds is 4. The topological polar surface area (TPSA) is 64.3 Å². The van der Waals surface area contributed by atoms with Crippen LogP contribution in [0.1, 0.15) is 33.3 Å². The minimum atomic E-state index is -2.69. The number of amides is 1. The summed E-state index contributed by atoms with van der Waals surface area (Å²) in [5, 5.41) is 2.85. The first kappa shape index (κ1) is 18.6. The molecule has 0 radical (unpaired) electrons. The molecule has 1 unspecified atom stereocenters. The van der Waals surface area contributed by atoms with Crippen molar-refractivity contribution >= 4 is 23.4 Å². The summed E-state index contributed by atoms with van der Waals surface area (Å²) in [6, 6.07) is 4.59. The molecule has 0 aliphatic heterocycles. The molecule has 0 fully saturated rings. The molecule has 1 amide bonds. The Morgan fingerprint density at radius 1 is 1.36 bits per heavy atom. The summed E-state index contributed by atoms with van der Waals surface area (Å²) in [7, 11) is 0. The zero-order valence-corrected chi connectivity index (χ0v) is 13.8. The second kappa shape index (κ2) is 6.79. The van der Waals surface area contributed by atoms with Gasteiger partial charge in [-0.1, -0.05) is 11.6 Å². The quantitative estimate of drug-likeness (QED) is 0.866. The molecule has 0 saturated carbocycles. The van der Waals surface area contributed by atoms with Crippen molar-refractivity contribution in [3.8, 4) is 0 Å². The summed E-state index contributed by atoms with van der Waals surface area (Å²) >= 11 is 6.01. The molecule has 22 heavy (non-hydrogen) atoms. The largest absolute Gasteiger partial charge is 0.444 e. The van der Waals surface area contributed by atoms with Crippen LogP contribution in [-0.2, 0) is 11.2 Å². The zero-order valence-electron chi connectivity index (χ0n) is 13.0. The molecule has 0 heterocycles. The minimum absolute atomic E-state index is 0.118. The summed E-state index contributed by atoms with van der Waals surface area (Å²) < 4.78 is 30.9. The number of alkyl halides is 2. The lowest BCUT2D eigenvalue weighted by atomic mass is 9.94. The molecule has 0 spiro atoms. The maximum Gasteiger partial charge on any atom is 0.412 e. The number of carbonyl (C=O) groups excluding carboxylic acids is 1. The highest BCUT2D eigenvalue weighted by atomic mass is 35.5. The first-order chi connectivity index (χ1) is 9.90. The lowest BCUT2D eigenvalue weighted by Crippen LogP contribution is -2.45. The number of anilines is 1. The zero-order chi connectivity index (χ0) is 17.1. The van der Waals surface area contributed by atoms with Crippen molar-refractivity contribution in [2.75, 3.05) is 5.32 Å². The van der Waals surface area contributed by atoms with Crippen LogP contribution in [0.5, 0.6) is 0 Å². The lowest BCUT2D eigenvalue weighted by Gasteiger charge is -2.24. The maximum absolute atomic E-state index is 12.9. The number of hydrogen-bond donors (Lipinski definition) is 2. The highest BCUT2D eigenvalue weighted by molar-refractivity contribution is 6.31. The molecule has 124 valence electrons. The van der Waals surface area contributed by atoms with Gasteiger partial charge in [-0.2, -0.15) is 0 Å². The molecule has 1 rings (SSSR count). The average Bonchev–Trinajstić information content (AvgIpc) is 2.30.